The summed E-state index contributed by atoms with van der Waals surface area (Å²) in [7, 11) is 0. The number of carbonyl (C=O) groups is 2. The highest BCUT2D eigenvalue weighted by Gasteiger charge is 2.40. The molecular formula is C34H38Cl2N2O2. The zero-order valence-corrected chi connectivity index (χ0v) is 24.7. The van der Waals surface area contributed by atoms with Gasteiger partial charge in [-0.25, -0.2) is 0 Å². The van der Waals surface area contributed by atoms with Crippen LogP contribution in [0.15, 0.2) is 78.9 Å². The molecule has 2 aliphatic rings. The maximum absolute atomic E-state index is 13.4. The van der Waals surface area contributed by atoms with Crippen LogP contribution in [0.5, 0.6) is 0 Å². The first-order valence-corrected chi connectivity index (χ1v) is 15.2. The number of amides is 1. The summed E-state index contributed by atoms with van der Waals surface area (Å²) in [6.07, 6.45) is 4.90. The van der Waals surface area contributed by atoms with Crippen molar-refractivity contribution in [3.05, 3.63) is 106 Å². The van der Waals surface area contributed by atoms with Crippen molar-refractivity contribution >= 4 is 34.9 Å². The van der Waals surface area contributed by atoms with Crippen molar-refractivity contribution < 1.29 is 9.59 Å². The van der Waals surface area contributed by atoms with Crippen molar-refractivity contribution in [1.29, 1.82) is 0 Å². The standard InChI is InChI=1S/C34H38Cl2N2O2/c1-25(39)34(30-12-6-3-7-13-30)16-19-37(20-17-34)18-8-9-26-21-29(28-14-15-31(35)32(36)22-28)24-38(23-26)33(40)27-10-4-2-5-11-27/h2-7,10-15,22,26,29H,8-9,16-21,23-24H2,1H3. The van der Waals surface area contributed by atoms with Gasteiger partial charge in [0.25, 0.3) is 5.91 Å². The zero-order chi connectivity index (χ0) is 28.1. The lowest BCUT2D eigenvalue weighted by Gasteiger charge is -2.41. The number of hydrogen-bond donors (Lipinski definition) is 0. The maximum Gasteiger partial charge on any atom is 0.253 e. The van der Waals surface area contributed by atoms with E-state index in [0.717, 1.165) is 75.0 Å². The molecule has 0 aliphatic carbocycles. The highest BCUT2D eigenvalue weighted by Crippen LogP contribution is 2.38. The molecule has 3 aromatic carbocycles. The van der Waals surface area contributed by atoms with Gasteiger partial charge < -0.3 is 9.80 Å². The second kappa shape index (κ2) is 12.9. The molecule has 5 rings (SSSR count). The Morgan fingerprint density at radius 1 is 0.875 bits per heavy atom. The molecule has 0 spiro atoms. The van der Waals surface area contributed by atoms with E-state index >= 15 is 0 Å². The van der Waals surface area contributed by atoms with Crippen LogP contribution < -0.4 is 0 Å². The molecule has 2 saturated heterocycles. The van der Waals surface area contributed by atoms with Gasteiger partial charge in [-0.2, -0.15) is 0 Å². The fourth-order valence-corrected chi connectivity index (χ4v) is 7.02. The van der Waals surface area contributed by atoms with Gasteiger partial charge in [0, 0.05) is 24.6 Å². The molecule has 2 heterocycles. The van der Waals surface area contributed by atoms with E-state index in [1.165, 1.54) is 0 Å². The van der Waals surface area contributed by atoms with E-state index in [9.17, 15) is 9.59 Å². The molecule has 210 valence electrons. The summed E-state index contributed by atoms with van der Waals surface area (Å²) in [5.41, 5.74) is 2.67. The molecule has 0 saturated carbocycles. The minimum Gasteiger partial charge on any atom is -0.338 e. The second-order valence-electron chi connectivity index (χ2n) is 11.5. The molecule has 4 nitrogen and oxygen atoms in total. The fraction of sp³-hybridized carbons (Fsp3) is 0.412. The number of rotatable bonds is 8. The van der Waals surface area contributed by atoms with Crippen molar-refractivity contribution in [3.63, 3.8) is 0 Å². The van der Waals surface area contributed by atoms with E-state index in [1.807, 2.05) is 71.6 Å². The monoisotopic (exact) mass is 576 g/mol. The van der Waals surface area contributed by atoms with Crippen molar-refractivity contribution in [1.82, 2.24) is 9.80 Å². The van der Waals surface area contributed by atoms with E-state index in [2.05, 4.69) is 17.0 Å². The Labute approximate surface area is 248 Å². The number of likely N-dealkylation sites (tertiary alicyclic amines) is 2. The van der Waals surface area contributed by atoms with Gasteiger partial charge in [-0.05, 0) is 100.0 Å². The third-order valence-electron chi connectivity index (χ3n) is 9.06. The summed E-state index contributed by atoms with van der Waals surface area (Å²) in [4.78, 5) is 30.7. The SMILES string of the molecule is CC(=O)C1(c2ccccc2)CCN(CCCC2CC(c3ccc(Cl)c(Cl)c3)CN(C(=O)c3ccccc3)C2)CC1. The molecular weight excluding hydrogens is 539 g/mol. The van der Waals surface area contributed by atoms with Gasteiger partial charge in [0.2, 0.25) is 0 Å². The Kier molecular flexibility index (Phi) is 9.30. The quantitative estimate of drug-likeness (QED) is 0.276. The van der Waals surface area contributed by atoms with E-state index in [-0.39, 0.29) is 23.0 Å². The van der Waals surface area contributed by atoms with Gasteiger partial charge in [-0.15, -0.1) is 0 Å². The molecule has 0 aromatic heterocycles. The predicted molar refractivity (Wildman–Crippen MR) is 163 cm³/mol. The molecule has 2 atom stereocenters. The smallest absolute Gasteiger partial charge is 0.253 e. The van der Waals surface area contributed by atoms with Crippen LogP contribution in [-0.4, -0.2) is 54.2 Å². The highest BCUT2D eigenvalue weighted by atomic mass is 35.5. The van der Waals surface area contributed by atoms with Crippen molar-refractivity contribution in [2.75, 3.05) is 32.7 Å². The highest BCUT2D eigenvalue weighted by molar-refractivity contribution is 6.42. The van der Waals surface area contributed by atoms with E-state index in [4.69, 9.17) is 23.2 Å². The van der Waals surface area contributed by atoms with Gasteiger partial charge >= 0.3 is 0 Å². The molecule has 6 heteroatoms. The zero-order valence-electron chi connectivity index (χ0n) is 23.2. The lowest BCUT2D eigenvalue weighted by atomic mass is 9.70. The number of carbonyl (C=O) groups excluding carboxylic acids is 2. The molecule has 1 amide bonds. The Morgan fingerprint density at radius 2 is 1.55 bits per heavy atom. The van der Waals surface area contributed by atoms with Crippen LogP contribution in [0, 0.1) is 5.92 Å². The van der Waals surface area contributed by atoms with Gasteiger partial charge in [-0.3, -0.25) is 9.59 Å². The Bertz CT molecular complexity index is 1310. The Balaban J connectivity index is 1.22. The minimum absolute atomic E-state index is 0.0906. The Morgan fingerprint density at radius 3 is 2.20 bits per heavy atom. The summed E-state index contributed by atoms with van der Waals surface area (Å²) in [5.74, 6) is 0.995. The largest absolute Gasteiger partial charge is 0.338 e. The predicted octanol–water partition coefficient (Wildman–Crippen LogP) is 7.64. The number of halogens is 2. The lowest BCUT2D eigenvalue weighted by Crippen LogP contribution is -2.47. The van der Waals surface area contributed by atoms with Crippen LogP contribution in [0.25, 0.3) is 0 Å². The fourth-order valence-electron chi connectivity index (χ4n) is 6.71. The van der Waals surface area contributed by atoms with Crippen molar-refractivity contribution in [3.8, 4) is 0 Å². The second-order valence-corrected chi connectivity index (χ2v) is 12.4. The first kappa shape index (κ1) is 28.9. The number of benzene rings is 3. The molecule has 0 radical (unpaired) electrons. The Hall–Kier alpha value is -2.66. The number of Topliss-reactive ketones (excluding diaryl/α,β-unsaturated/α-hetero) is 1. The topological polar surface area (TPSA) is 40.6 Å². The van der Waals surface area contributed by atoms with Crippen LogP contribution in [0.1, 0.15) is 66.4 Å². The average Bonchev–Trinajstić information content (AvgIpc) is 2.99. The van der Waals surface area contributed by atoms with Gasteiger partial charge in [0.1, 0.15) is 5.78 Å². The average molecular weight is 578 g/mol. The molecule has 2 aliphatic heterocycles. The summed E-state index contributed by atoms with van der Waals surface area (Å²) >= 11 is 12.6. The van der Waals surface area contributed by atoms with Gasteiger partial charge in [0.15, 0.2) is 0 Å². The van der Waals surface area contributed by atoms with Crippen LogP contribution in [-0.2, 0) is 10.2 Å². The molecule has 2 fully saturated rings. The summed E-state index contributed by atoms with van der Waals surface area (Å²) in [5, 5.41) is 1.11. The summed E-state index contributed by atoms with van der Waals surface area (Å²) in [6, 6.07) is 25.7. The van der Waals surface area contributed by atoms with E-state index in [0.29, 0.717) is 22.5 Å². The third-order valence-corrected chi connectivity index (χ3v) is 9.80. The minimum atomic E-state index is -0.355. The molecule has 2 unspecified atom stereocenters. The van der Waals surface area contributed by atoms with Gasteiger partial charge in [-0.1, -0.05) is 77.8 Å². The number of hydrogen-bond acceptors (Lipinski definition) is 3. The third kappa shape index (κ3) is 6.46. The first-order valence-electron chi connectivity index (χ1n) is 14.4. The van der Waals surface area contributed by atoms with Crippen molar-refractivity contribution in [2.45, 2.75) is 50.4 Å². The van der Waals surface area contributed by atoms with E-state index in [1.54, 1.807) is 6.92 Å². The first-order chi connectivity index (χ1) is 19.4. The van der Waals surface area contributed by atoms with Crippen molar-refractivity contribution in [2.24, 2.45) is 5.92 Å². The molecule has 0 bridgehead atoms. The van der Waals surface area contributed by atoms with Crippen LogP contribution in [0.3, 0.4) is 0 Å². The summed E-state index contributed by atoms with van der Waals surface area (Å²) in [6.45, 7) is 6.09. The lowest BCUT2D eigenvalue weighted by molar-refractivity contribution is -0.124. The summed E-state index contributed by atoms with van der Waals surface area (Å²) < 4.78 is 0. The molecule has 0 N–H and O–H groups in total. The molecule has 3 aromatic rings. The van der Waals surface area contributed by atoms with E-state index < -0.39 is 0 Å². The number of ketones is 1. The van der Waals surface area contributed by atoms with Crippen LogP contribution in [0.2, 0.25) is 10.0 Å². The van der Waals surface area contributed by atoms with Gasteiger partial charge in [0.05, 0.1) is 15.5 Å². The maximum atomic E-state index is 13.4. The normalized spacial score (nSPS) is 21.2. The van der Waals surface area contributed by atoms with Crippen LogP contribution >= 0.6 is 23.2 Å². The number of piperidine rings is 2. The number of nitrogens with zero attached hydrogens (tertiary/aromatic N) is 2. The molecule has 40 heavy (non-hydrogen) atoms. The van der Waals surface area contributed by atoms with Crippen LogP contribution in [0.4, 0.5) is 0 Å².